The number of benzene rings is 1. The topological polar surface area (TPSA) is 95.7 Å². The lowest BCUT2D eigenvalue weighted by atomic mass is 10.1. The molecule has 0 spiro atoms. The molecule has 0 aromatic heterocycles. The van der Waals surface area contributed by atoms with E-state index in [0.717, 1.165) is 6.26 Å². The van der Waals surface area contributed by atoms with E-state index >= 15 is 0 Å². The molecule has 0 aliphatic heterocycles. The Kier molecular flexibility index (Phi) is 4.71. The van der Waals surface area contributed by atoms with E-state index in [1.807, 2.05) is 0 Å². The molecule has 1 aromatic carbocycles. The number of ether oxygens (including phenoxy) is 2. The highest BCUT2D eigenvalue weighted by molar-refractivity contribution is 7.90. The normalized spacial score (nSPS) is 11.1. The van der Waals surface area contributed by atoms with Crippen LogP contribution >= 0.6 is 0 Å². The molecule has 0 unspecified atom stereocenters. The van der Waals surface area contributed by atoms with E-state index in [0.29, 0.717) is 11.3 Å². The Labute approximate surface area is 111 Å². The Balaban J connectivity index is 3.31. The zero-order chi connectivity index (χ0) is 14.6. The number of sulfone groups is 1. The fourth-order valence-corrected chi connectivity index (χ4v) is 2.46. The molecule has 0 aliphatic rings. The summed E-state index contributed by atoms with van der Waals surface area (Å²) in [6.07, 6.45) is 1.19. The van der Waals surface area contributed by atoms with Crippen LogP contribution in [0.5, 0.6) is 11.5 Å². The Morgan fingerprint density at radius 2 is 1.79 bits per heavy atom. The first-order valence-corrected chi connectivity index (χ1v) is 7.25. The van der Waals surface area contributed by atoms with E-state index in [4.69, 9.17) is 9.47 Å². The maximum absolute atomic E-state index is 11.6. The van der Waals surface area contributed by atoms with E-state index in [-0.39, 0.29) is 23.6 Å². The van der Waals surface area contributed by atoms with Crippen LogP contribution in [0.25, 0.3) is 0 Å². The minimum Gasteiger partial charge on any atom is -0.496 e. The van der Waals surface area contributed by atoms with Crippen LogP contribution in [0.3, 0.4) is 0 Å². The number of hydrogen-bond donors (Lipinski definition) is 0. The molecule has 0 saturated heterocycles. The highest BCUT2D eigenvalue weighted by atomic mass is 32.2. The van der Waals surface area contributed by atoms with Crippen LogP contribution in [0.1, 0.15) is 5.56 Å². The zero-order valence-electron chi connectivity index (χ0n) is 10.9. The summed E-state index contributed by atoms with van der Waals surface area (Å²) in [7, 11) is -0.746. The van der Waals surface area contributed by atoms with Gasteiger partial charge in [0.05, 0.1) is 14.2 Å². The van der Waals surface area contributed by atoms with Crippen molar-refractivity contribution in [2.75, 3.05) is 27.0 Å². The number of methoxy groups -OCH3 is 2. The van der Waals surface area contributed by atoms with Gasteiger partial charge in [0.15, 0.2) is 9.84 Å². The molecule has 0 amide bonds. The van der Waals surface area contributed by atoms with E-state index in [2.05, 4.69) is 0 Å². The second kappa shape index (κ2) is 5.87. The summed E-state index contributed by atoms with van der Waals surface area (Å²) in [6, 6.07) is 2.78. The first-order valence-electron chi connectivity index (χ1n) is 5.36. The van der Waals surface area contributed by atoms with Gasteiger partial charge in [0, 0.05) is 29.2 Å². The van der Waals surface area contributed by atoms with Crippen LogP contribution in [0.15, 0.2) is 17.0 Å². The first-order chi connectivity index (χ1) is 8.79. The average Bonchev–Trinajstić information content (AvgIpc) is 2.33. The van der Waals surface area contributed by atoms with Crippen molar-refractivity contribution < 1.29 is 22.8 Å². The third-order valence-electron chi connectivity index (χ3n) is 2.53. The van der Waals surface area contributed by atoms with E-state index in [9.17, 15) is 18.5 Å². The maximum atomic E-state index is 11.6. The van der Waals surface area contributed by atoms with Crippen LogP contribution in [0.2, 0.25) is 0 Å². The van der Waals surface area contributed by atoms with Crippen molar-refractivity contribution in [2.45, 2.75) is 11.3 Å². The molecule has 0 N–H and O–H groups in total. The SMILES string of the molecule is COc1cc(S(C)(=O)=O)c(OC)cc1CC[N+](=O)[O-]. The highest BCUT2D eigenvalue weighted by Crippen LogP contribution is 2.32. The van der Waals surface area contributed by atoms with Crippen molar-refractivity contribution in [3.63, 3.8) is 0 Å². The van der Waals surface area contributed by atoms with Gasteiger partial charge >= 0.3 is 0 Å². The minimum atomic E-state index is -3.47. The average molecular weight is 289 g/mol. The molecule has 0 heterocycles. The molecule has 0 fully saturated rings. The smallest absolute Gasteiger partial charge is 0.208 e. The van der Waals surface area contributed by atoms with Gasteiger partial charge in [0.25, 0.3) is 0 Å². The van der Waals surface area contributed by atoms with Gasteiger partial charge in [0.1, 0.15) is 16.4 Å². The number of hydrogen-bond acceptors (Lipinski definition) is 6. The molecule has 19 heavy (non-hydrogen) atoms. The van der Waals surface area contributed by atoms with Crippen LogP contribution in [-0.4, -0.2) is 40.4 Å². The Hall–Kier alpha value is -1.83. The third kappa shape index (κ3) is 3.82. The van der Waals surface area contributed by atoms with Crippen molar-refractivity contribution in [3.05, 3.63) is 27.8 Å². The summed E-state index contributed by atoms with van der Waals surface area (Å²) in [4.78, 5) is 9.94. The molecule has 1 rings (SSSR count). The summed E-state index contributed by atoms with van der Waals surface area (Å²) in [6.45, 7) is -0.266. The van der Waals surface area contributed by atoms with Crippen molar-refractivity contribution >= 4 is 9.84 Å². The fourth-order valence-electron chi connectivity index (χ4n) is 1.63. The Bertz CT molecular complexity index is 581. The maximum Gasteiger partial charge on any atom is 0.208 e. The lowest BCUT2D eigenvalue weighted by Crippen LogP contribution is -2.07. The van der Waals surface area contributed by atoms with Crippen molar-refractivity contribution in [2.24, 2.45) is 0 Å². The largest absolute Gasteiger partial charge is 0.496 e. The Morgan fingerprint density at radius 3 is 2.21 bits per heavy atom. The van der Waals surface area contributed by atoms with Crippen molar-refractivity contribution in [1.29, 1.82) is 0 Å². The first kappa shape index (κ1) is 15.2. The van der Waals surface area contributed by atoms with Gasteiger partial charge in [-0.15, -0.1) is 0 Å². The quantitative estimate of drug-likeness (QED) is 0.571. The van der Waals surface area contributed by atoms with Gasteiger partial charge in [-0.2, -0.15) is 0 Å². The van der Waals surface area contributed by atoms with E-state index in [1.54, 1.807) is 0 Å². The van der Waals surface area contributed by atoms with Gasteiger partial charge in [-0.05, 0) is 6.07 Å². The minimum absolute atomic E-state index is 0.00305. The molecule has 0 atom stereocenters. The summed E-state index contributed by atoms with van der Waals surface area (Å²) in [5, 5.41) is 10.4. The lowest BCUT2D eigenvalue weighted by molar-refractivity contribution is -0.479. The molecular formula is C11H15NO6S. The number of nitro groups is 1. The number of rotatable bonds is 6. The molecule has 7 nitrogen and oxygen atoms in total. The lowest BCUT2D eigenvalue weighted by Gasteiger charge is -2.13. The predicted molar refractivity (Wildman–Crippen MR) is 68.2 cm³/mol. The molecule has 0 aliphatic carbocycles. The van der Waals surface area contributed by atoms with Crippen LogP contribution in [-0.2, 0) is 16.3 Å². The predicted octanol–water partition coefficient (Wildman–Crippen LogP) is 0.926. The standard InChI is InChI=1S/C11H15NO6S/c1-17-9-7-11(19(3,15)16)10(18-2)6-8(9)4-5-12(13)14/h6-7H,4-5H2,1-3H3. The van der Waals surface area contributed by atoms with Gasteiger partial charge in [-0.3, -0.25) is 10.1 Å². The monoisotopic (exact) mass is 289 g/mol. The molecular weight excluding hydrogens is 274 g/mol. The summed E-state index contributed by atoms with van der Waals surface area (Å²) >= 11 is 0. The molecule has 0 saturated carbocycles. The van der Waals surface area contributed by atoms with Crippen LogP contribution in [0, 0.1) is 10.1 Å². The van der Waals surface area contributed by atoms with Crippen molar-refractivity contribution in [3.8, 4) is 11.5 Å². The van der Waals surface area contributed by atoms with Crippen molar-refractivity contribution in [1.82, 2.24) is 0 Å². The highest BCUT2D eigenvalue weighted by Gasteiger charge is 2.19. The molecule has 106 valence electrons. The second-order valence-corrected chi connectivity index (χ2v) is 5.88. The van der Waals surface area contributed by atoms with Gasteiger partial charge in [-0.1, -0.05) is 0 Å². The summed E-state index contributed by atoms with van der Waals surface area (Å²) in [5.41, 5.74) is 0.531. The summed E-state index contributed by atoms with van der Waals surface area (Å²) < 4.78 is 33.3. The van der Waals surface area contributed by atoms with E-state index in [1.165, 1.54) is 26.4 Å². The Morgan fingerprint density at radius 1 is 1.21 bits per heavy atom. The van der Waals surface area contributed by atoms with Gasteiger partial charge in [-0.25, -0.2) is 8.42 Å². The summed E-state index contributed by atoms with van der Waals surface area (Å²) in [5.74, 6) is 0.449. The van der Waals surface area contributed by atoms with E-state index < -0.39 is 14.8 Å². The zero-order valence-corrected chi connectivity index (χ0v) is 11.7. The second-order valence-electron chi connectivity index (χ2n) is 3.89. The van der Waals surface area contributed by atoms with Gasteiger partial charge < -0.3 is 9.47 Å². The molecule has 1 aromatic rings. The molecule has 0 bridgehead atoms. The van der Waals surface area contributed by atoms with Crippen LogP contribution < -0.4 is 9.47 Å². The van der Waals surface area contributed by atoms with Gasteiger partial charge in [0.2, 0.25) is 6.54 Å². The fraction of sp³-hybridized carbons (Fsp3) is 0.455. The third-order valence-corrected chi connectivity index (χ3v) is 3.65. The molecule has 8 heteroatoms. The number of nitrogens with zero attached hydrogens (tertiary/aromatic N) is 1. The van der Waals surface area contributed by atoms with Crippen LogP contribution in [0.4, 0.5) is 0 Å². The molecule has 0 radical (unpaired) electrons.